The summed E-state index contributed by atoms with van der Waals surface area (Å²) in [7, 11) is 0. The van der Waals surface area contributed by atoms with E-state index in [2.05, 4.69) is 11.8 Å². The SMILES string of the molecule is CCCCCN1CCCC(N)(C(=O)O)C1. The third-order valence-corrected chi connectivity index (χ3v) is 3.11. The number of hydrogen-bond donors (Lipinski definition) is 2. The molecule has 0 spiro atoms. The van der Waals surface area contributed by atoms with Gasteiger partial charge < -0.3 is 15.7 Å². The topological polar surface area (TPSA) is 66.6 Å². The summed E-state index contributed by atoms with van der Waals surface area (Å²) >= 11 is 0. The number of nitrogens with zero attached hydrogens (tertiary/aromatic N) is 1. The van der Waals surface area contributed by atoms with Gasteiger partial charge in [0.2, 0.25) is 0 Å². The minimum atomic E-state index is -1.01. The average molecular weight is 214 g/mol. The highest BCUT2D eigenvalue weighted by Crippen LogP contribution is 2.19. The Hall–Kier alpha value is -0.610. The maximum absolute atomic E-state index is 11.0. The number of hydrogen-bond acceptors (Lipinski definition) is 3. The van der Waals surface area contributed by atoms with Crippen LogP contribution in [0.4, 0.5) is 0 Å². The number of carbonyl (C=O) groups is 1. The summed E-state index contributed by atoms with van der Waals surface area (Å²) in [6.45, 7) is 4.66. The van der Waals surface area contributed by atoms with Crippen molar-refractivity contribution in [2.45, 2.75) is 44.6 Å². The van der Waals surface area contributed by atoms with Crippen molar-refractivity contribution in [2.24, 2.45) is 5.73 Å². The quantitative estimate of drug-likeness (QED) is 0.671. The van der Waals surface area contributed by atoms with Gasteiger partial charge in [0.15, 0.2) is 0 Å². The third-order valence-electron chi connectivity index (χ3n) is 3.11. The van der Waals surface area contributed by atoms with Crippen LogP contribution < -0.4 is 5.73 Å². The van der Waals surface area contributed by atoms with Crippen LogP contribution in [0, 0.1) is 0 Å². The largest absolute Gasteiger partial charge is 0.480 e. The number of nitrogens with two attached hydrogens (primary N) is 1. The van der Waals surface area contributed by atoms with Crippen molar-refractivity contribution in [3.05, 3.63) is 0 Å². The molecule has 1 unspecified atom stereocenters. The molecule has 0 amide bonds. The van der Waals surface area contributed by atoms with Crippen LogP contribution in [-0.4, -0.2) is 41.1 Å². The van der Waals surface area contributed by atoms with Crippen molar-refractivity contribution < 1.29 is 9.90 Å². The van der Waals surface area contributed by atoms with Gasteiger partial charge >= 0.3 is 5.97 Å². The van der Waals surface area contributed by atoms with E-state index in [0.717, 1.165) is 25.9 Å². The Kier molecular flexibility index (Phi) is 4.54. The van der Waals surface area contributed by atoms with E-state index >= 15 is 0 Å². The number of carboxylic acid groups (broad SMARTS) is 1. The highest BCUT2D eigenvalue weighted by molar-refractivity contribution is 5.78. The second-order valence-corrected chi connectivity index (χ2v) is 4.55. The molecule has 1 aliphatic heterocycles. The van der Waals surface area contributed by atoms with E-state index in [0.29, 0.717) is 13.0 Å². The van der Waals surface area contributed by atoms with E-state index in [4.69, 9.17) is 10.8 Å². The van der Waals surface area contributed by atoms with Gasteiger partial charge in [-0.2, -0.15) is 0 Å². The first-order valence-corrected chi connectivity index (χ1v) is 5.83. The Bertz CT molecular complexity index is 221. The number of likely N-dealkylation sites (tertiary alicyclic amines) is 1. The Morgan fingerprint density at radius 2 is 2.27 bits per heavy atom. The first-order chi connectivity index (χ1) is 7.08. The molecule has 1 aliphatic rings. The van der Waals surface area contributed by atoms with E-state index in [-0.39, 0.29) is 0 Å². The summed E-state index contributed by atoms with van der Waals surface area (Å²) in [5.74, 6) is -0.859. The van der Waals surface area contributed by atoms with Crippen LogP contribution in [0.1, 0.15) is 39.0 Å². The lowest BCUT2D eigenvalue weighted by Crippen LogP contribution is -2.59. The van der Waals surface area contributed by atoms with Crippen molar-refractivity contribution in [3.63, 3.8) is 0 Å². The summed E-state index contributed by atoms with van der Waals surface area (Å²) in [5.41, 5.74) is 4.85. The van der Waals surface area contributed by atoms with Crippen molar-refractivity contribution in [2.75, 3.05) is 19.6 Å². The van der Waals surface area contributed by atoms with Gasteiger partial charge in [0.25, 0.3) is 0 Å². The first kappa shape index (κ1) is 12.5. The molecule has 1 saturated heterocycles. The second-order valence-electron chi connectivity index (χ2n) is 4.55. The normalized spacial score (nSPS) is 27.9. The zero-order chi connectivity index (χ0) is 11.3. The van der Waals surface area contributed by atoms with E-state index in [1.165, 1.54) is 12.8 Å². The molecule has 0 radical (unpaired) electrons. The number of unbranched alkanes of at least 4 members (excludes halogenated alkanes) is 2. The highest BCUT2D eigenvalue weighted by atomic mass is 16.4. The van der Waals surface area contributed by atoms with Crippen LogP contribution in [-0.2, 0) is 4.79 Å². The molecule has 3 N–H and O–H groups in total. The van der Waals surface area contributed by atoms with E-state index in [1.54, 1.807) is 0 Å². The molecule has 1 atom stereocenters. The molecule has 0 aliphatic carbocycles. The molecule has 0 aromatic carbocycles. The van der Waals surface area contributed by atoms with Crippen LogP contribution >= 0.6 is 0 Å². The molecule has 0 bridgehead atoms. The number of piperidine rings is 1. The monoisotopic (exact) mass is 214 g/mol. The van der Waals surface area contributed by atoms with Gasteiger partial charge in [0, 0.05) is 6.54 Å². The molecule has 4 heteroatoms. The lowest BCUT2D eigenvalue weighted by Gasteiger charge is -2.37. The first-order valence-electron chi connectivity index (χ1n) is 5.83. The summed E-state index contributed by atoms with van der Waals surface area (Å²) in [6, 6.07) is 0. The number of carboxylic acids is 1. The summed E-state index contributed by atoms with van der Waals surface area (Å²) in [6.07, 6.45) is 5.05. The Balaban J connectivity index is 2.38. The highest BCUT2D eigenvalue weighted by Gasteiger charge is 2.38. The molecule has 1 heterocycles. The minimum absolute atomic E-state index is 0.506. The Labute approximate surface area is 91.4 Å². The summed E-state index contributed by atoms with van der Waals surface area (Å²) in [5, 5.41) is 9.04. The predicted octanol–water partition coefficient (Wildman–Crippen LogP) is 1.05. The van der Waals surface area contributed by atoms with Crippen LogP contribution in [0.25, 0.3) is 0 Å². The summed E-state index contributed by atoms with van der Waals surface area (Å²) in [4.78, 5) is 13.2. The molecule has 4 nitrogen and oxygen atoms in total. The van der Waals surface area contributed by atoms with Gasteiger partial charge in [-0.3, -0.25) is 4.79 Å². The molecule has 15 heavy (non-hydrogen) atoms. The number of aliphatic carboxylic acids is 1. The number of rotatable bonds is 5. The fourth-order valence-electron chi connectivity index (χ4n) is 2.13. The maximum atomic E-state index is 11.0. The molecule has 0 aromatic heterocycles. The molecule has 1 rings (SSSR count). The molecule has 88 valence electrons. The van der Waals surface area contributed by atoms with Crippen LogP contribution in [0.15, 0.2) is 0 Å². The smallest absolute Gasteiger partial charge is 0.325 e. The van der Waals surface area contributed by atoms with Gasteiger partial charge in [-0.1, -0.05) is 19.8 Å². The fourth-order valence-corrected chi connectivity index (χ4v) is 2.13. The van der Waals surface area contributed by atoms with E-state index in [9.17, 15) is 4.79 Å². The third kappa shape index (κ3) is 3.47. The van der Waals surface area contributed by atoms with Crippen molar-refractivity contribution in [1.82, 2.24) is 4.90 Å². The van der Waals surface area contributed by atoms with Gasteiger partial charge in [-0.15, -0.1) is 0 Å². The molecule has 0 aromatic rings. The predicted molar refractivity (Wildman–Crippen MR) is 59.8 cm³/mol. The zero-order valence-corrected chi connectivity index (χ0v) is 9.54. The molecule has 0 saturated carbocycles. The van der Waals surface area contributed by atoms with Gasteiger partial charge in [-0.05, 0) is 32.4 Å². The second kappa shape index (κ2) is 5.47. The fraction of sp³-hybridized carbons (Fsp3) is 0.909. The molecule has 1 fully saturated rings. The zero-order valence-electron chi connectivity index (χ0n) is 9.54. The van der Waals surface area contributed by atoms with Crippen molar-refractivity contribution in [1.29, 1.82) is 0 Å². The maximum Gasteiger partial charge on any atom is 0.325 e. The van der Waals surface area contributed by atoms with Crippen LogP contribution in [0.5, 0.6) is 0 Å². The van der Waals surface area contributed by atoms with Crippen molar-refractivity contribution >= 4 is 5.97 Å². The van der Waals surface area contributed by atoms with Crippen LogP contribution in [0.3, 0.4) is 0 Å². The lowest BCUT2D eigenvalue weighted by atomic mass is 9.90. The van der Waals surface area contributed by atoms with Crippen molar-refractivity contribution in [3.8, 4) is 0 Å². The standard InChI is InChI=1S/C11H22N2O2/c1-2-3-4-7-13-8-5-6-11(12,9-13)10(14)15/h2-9,12H2,1H3,(H,14,15). The van der Waals surface area contributed by atoms with Gasteiger partial charge in [0.1, 0.15) is 5.54 Å². The lowest BCUT2D eigenvalue weighted by molar-refractivity contribution is -0.145. The summed E-state index contributed by atoms with van der Waals surface area (Å²) < 4.78 is 0. The minimum Gasteiger partial charge on any atom is -0.480 e. The Morgan fingerprint density at radius 3 is 2.87 bits per heavy atom. The molecular formula is C11H22N2O2. The Morgan fingerprint density at radius 1 is 1.53 bits per heavy atom. The molecular weight excluding hydrogens is 192 g/mol. The van der Waals surface area contributed by atoms with E-state index < -0.39 is 11.5 Å². The average Bonchev–Trinajstić information content (AvgIpc) is 2.18. The van der Waals surface area contributed by atoms with E-state index in [1.807, 2.05) is 0 Å². The van der Waals surface area contributed by atoms with Crippen LogP contribution in [0.2, 0.25) is 0 Å². The van der Waals surface area contributed by atoms with Gasteiger partial charge in [0.05, 0.1) is 0 Å². The van der Waals surface area contributed by atoms with Gasteiger partial charge in [-0.25, -0.2) is 0 Å².